The Morgan fingerprint density at radius 3 is 1.17 bits per heavy atom. The molecule has 6 heavy (non-hydrogen) atoms. The first kappa shape index (κ1) is 15.7. The fourth-order valence-electron chi connectivity index (χ4n) is 0. The van der Waals surface area contributed by atoms with Gasteiger partial charge >= 0.3 is 0 Å². The molecule has 0 aliphatic rings. The maximum absolute atomic E-state index is 9.44. The third-order valence-corrected chi connectivity index (χ3v) is 0. The van der Waals surface area contributed by atoms with E-state index in [0.29, 0.717) is 0 Å². The summed E-state index contributed by atoms with van der Waals surface area (Å²) in [5.41, 5.74) is 0. The molecule has 0 saturated heterocycles. The number of hydrogen-bond acceptors (Lipinski definition) is 1. The molecule has 0 aromatic carbocycles. The van der Waals surface area contributed by atoms with Crippen molar-refractivity contribution in [2.75, 3.05) is 0 Å². The summed E-state index contributed by atoms with van der Waals surface area (Å²) >= 11 is 0. The van der Waals surface area contributed by atoms with Crippen molar-refractivity contribution in [1.82, 2.24) is 0 Å². The maximum Gasteiger partial charge on any atom is 0.126 e. The van der Waals surface area contributed by atoms with Gasteiger partial charge in [-0.05, 0) is 13.8 Å². The number of carbonyl (C=O) groups is 1. The zero-order chi connectivity index (χ0) is 3.58. The molecule has 0 rings (SSSR count). The molecule has 1 nitrogen and oxygen atoms in total. The summed E-state index contributed by atoms with van der Waals surface area (Å²) in [5.74, 6) is 0.167. The molecule has 0 amide bonds. The summed E-state index contributed by atoms with van der Waals surface area (Å²) < 4.78 is 0. The molecular formula is C3H6OTb2. The van der Waals surface area contributed by atoms with Crippen molar-refractivity contribution in [2.24, 2.45) is 0 Å². The average molecular weight is 376 g/mol. The van der Waals surface area contributed by atoms with E-state index >= 15 is 0 Å². The SMILES string of the molecule is CC(C)=O.[Tb].[Tb]. The van der Waals surface area contributed by atoms with Crippen molar-refractivity contribution in [3.63, 3.8) is 0 Å². The summed E-state index contributed by atoms with van der Waals surface area (Å²) in [4.78, 5) is 9.44. The third kappa shape index (κ3) is 34.1. The molecule has 0 fully saturated rings. The Kier molecular flexibility index (Phi) is 26.9. The second-order valence-electron chi connectivity index (χ2n) is 0.908. The second kappa shape index (κ2) is 10.3. The number of hydrogen-bond donors (Lipinski definition) is 0. The standard InChI is InChI=1S/C3H6O.2Tb/c1-3(2)4;;/h1-2H3;;. The van der Waals surface area contributed by atoms with Crippen LogP contribution in [-0.4, -0.2) is 5.78 Å². The number of rotatable bonds is 0. The Balaban J connectivity index is -0.0000000450. The van der Waals surface area contributed by atoms with E-state index in [1.54, 1.807) is 0 Å². The van der Waals surface area contributed by atoms with Crippen LogP contribution in [0.3, 0.4) is 0 Å². The molecule has 0 aliphatic carbocycles. The first-order chi connectivity index (χ1) is 1.73. The normalized spacial score (nSPS) is 4.33. The summed E-state index contributed by atoms with van der Waals surface area (Å²) in [6.45, 7) is 3.06. The minimum atomic E-state index is 0. The number of carbonyl (C=O) groups excluding carboxylic acids is 1. The zero-order valence-corrected chi connectivity index (χ0v) is 7.85. The van der Waals surface area contributed by atoms with E-state index in [0.717, 1.165) is 0 Å². The van der Waals surface area contributed by atoms with Gasteiger partial charge in [-0.1, -0.05) is 0 Å². The van der Waals surface area contributed by atoms with Crippen LogP contribution in [0.25, 0.3) is 0 Å². The van der Waals surface area contributed by atoms with Crippen LogP contribution in [0.2, 0.25) is 0 Å². The Hall–Kier alpha value is 2.24. The van der Waals surface area contributed by atoms with Crippen molar-refractivity contribution in [3.05, 3.63) is 0 Å². The fraction of sp³-hybridized carbons (Fsp3) is 0.667. The van der Waals surface area contributed by atoms with Gasteiger partial charge in [0.05, 0.1) is 0 Å². The van der Waals surface area contributed by atoms with Gasteiger partial charge in [-0.2, -0.15) is 0 Å². The largest absolute Gasteiger partial charge is 0.300 e. The predicted molar refractivity (Wildman–Crippen MR) is 16.4 cm³/mol. The van der Waals surface area contributed by atoms with Crippen LogP contribution in [0.15, 0.2) is 0 Å². The summed E-state index contributed by atoms with van der Waals surface area (Å²) in [6, 6.07) is 0. The van der Waals surface area contributed by atoms with Crippen LogP contribution < -0.4 is 0 Å². The van der Waals surface area contributed by atoms with Gasteiger partial charge in [-0.3, -0.25) is 0 Å². The zero-order valence-electron chi connectivity index (χ0n) is 3.57. The van der Waals surface area contributed by atoms with E-state index in [9.17, 15) is 4.79 Å². The topological polar surface area (TPSA) is 17.1 Å². The quantitative estimate of drug-likeness (QED) is 0.606. The second-order valence-corrected chi connectivity index (χ2v) is 0.908. The van der Waals surface area contributed by atoms with Gasteiger partial charge < -0.3 is 4.79 Å². The van der Waals surface area contributed by atoms with Crippen molar-refractivity contribution in [1.29, 1.82) is 0 Å². The van der Waals surface area contributed by atoms with Crippen molar-refractivity contribution >= 4 is 5.78 Å². The van der Waals surface area contributed by atoms with Crippen LogP contribution in [-0.2, 0) is 4.79 Å². The molecule has 0 N–H and O–H groups in total. The summed E-state index contributed by atoms with van der Waals surface area (Å²) in [6.07, 6.45) is 0. The molecule has 0 bridgehead atoms. The Labute approximate surface area is 99.5 Å². The van der Waals surface area contributed by atoms with Crippen LogP contribution in [0, 0.1) is 77.2 Å². The van der Waals surface area contributed by atoms with Gasteiger partial charge in [0.2, 0.25) is 0 Å². The van der Waals surface area contributed by atoms with Crippen LogP contribution in [0.5, 0.6) is 0 Å². The average Bonchev–Trinajstić information content (AvgIpc) is 0.811. The Morgan fingerprint density at radius 1 is 1.17 bits per heavy atom. The van der Waals surface area contributed by atoms with Crippen molar-refractivity contribution in [2.45, 2.75) is 13.8 Å². The Bertz CT molecular complexity index is 31.8. The van der Waals surface area contributed by atoms with Gasteiger partial charge in [0, 0.05) is 77.2 Å². The molecule has 2 radical (unpaired) electrons. The smallest absolute Gasteiger partial charge is 0.126 e. The van der Waals surface area contributed by atoms with E-state index in [2.05, 4.69) is 0 Å². The summed E-state index contributed by atoms with van der Waals surface area (Å²) in [5, 5.41) is 0. The van der Waals surface area contributed by atoms with Crippen molar-refractivity contribution < 1.29 is 82.0 Å². The molecule has 0 aromatic rings. The van der Waals surface area contributed by atoms with Crippen LogP contribution >= 0.6 is 0 Å². The molecule has 0 atom stereocenters. The fourth-order valence-corrected chi connectivity index (χ4v) is 0. The van der Waals surface area contributed by atoms with E-state index in [1.165, 1.54) is 13.8 Å². The Morgan fingerprint density at radius 2 is 1.17 bits per heavy atom. The molecule has 0 spiro atoms. The minimum Gasteiger partial charge on any atom is -0.300 e. The first-order valence-electron chi connectivity index (χ1n) is 1.20. The molecule has 0 aliphatic heterocycles. The number of Topliss-reactive ketones (excluding diaryl/α,β-unsaturated/α-hetero) is 1. The molecule has 3 heteroatoms. The van der Waals surface area contributed by atoms with E-state index in [4.69, 9.17) is 0 Å². The van der Waals surface area contributed by atoms with Gasteiger partial charge in [0.1, 0.15) is 5.78 Å². The predicted octanol–water partition coefficient (Wildman–Crippen LogP) is 0.595. The van der Waals surface area contributed by atoms with Crippen LogP contribution in [0.4, 0.5) is 0 Å². The van der Waals surface area contributed by atoms with E-state index in [-0.39, 0.29) is 83.0 Å². The molecular weight excluding hydrogens is 370 g/mol. The molecule has 42 valence electrons. The van der Waals surface area contributed by atoms with Crippen LogP contribution in [0.1, 0.15) is 13.8 Å². The minimum absolute atomic E-state index is 0. The molecule has 0 saturated carbocycles. The van der Waals surface area contributed by atoms with Crippen molar-refractivity contribution in [3.8, 4) is 0 Å². The van der Waals surface area contributed by atoms with Gasteiger partial charge in [-0.25, -0.2) is 0 Å². The molecule has 0 heterocycles. The summed E-state index contributed by atoms with van der Waals surface area (Å²) in [7, 11) is 0. The number of ketones is 1. The van der Waals surface area contributed by atoms with Gasteiger partial charge in [-0.15, -0.1) is 0 Å². The van der Waals surface area contributed by atoms with E-state index < -0.39 is 0 Å². The molecule has 0 unspecified atom stereocenters. The first-order valence-corrected chi connectivity index (χ1v) is 1.20. The third-order valence-electron chi connectivity index (χ3n) is 0. The monoisotopic (exact) mass is 376 g/mol. The van der Waals surface area contributed by atoms with E-state index in [1.807, 2.05) is 0 Å². The maximum atomic E-state index is 9.44. The molecule has 0 aromatic heterocycles. The van der Waals surface area contributed by atoms with Gasteiger partial charge in [0.15, 0.2) is 0 Å². The van der Waals surface area contributed by atoms with Gasteiger partial charge in [0.25, 0.3) is 0 Å².